The molecule has 0 aliphatic heterocycles. The third-order valence-electron chi connectivity index (χ3n) is 2.97. The van der Waals surface area contributed by atoms with Gasteiger partial charge in [0, 0.05) is 0 Å². The fourth-order valence-electron chi connectivity index (χ4n) is 1.84. The van der Waals surface area contributed by atoms with Gasteiger partial charge in [-0.1, -0.05) is 32.1 Å². The number of aromatic nitrogens is 3. The maximum absolute atomic E-state index is 12.0. The lowest BCUT2D eigenvalue weighted by atomic mass is 9.85. The van der Waals surface area contributed by atoms with Crippen molar-refractivity contribution < 1.29 is 0 Å². The summed E-state index contributed by atoms with van der Waals surface area (Å²) in [7, 11) is 1.62. The smallest absolute Gasteiger partial charge is 0.264 e. The number of rotatable bonds is 0. The Morgan fingerprint density at radius 1 is 1.29 bits per heavy atom. The Labute approximate surface area is 101 Å². The Morgan fingerprint density at radius 3 is 2.53 bits per heavy atom. The molecule has 5 heteroatoms. The zero-order valence-electron chi connectivity index (χ0n) is 10.9. The van der Waals surface area contributed by atoms with Gasteiger partial charge in [0.25, 0.3) is 13.5 Å². The highest BCUT2D eigenvalue weighted by atomic mass is 16.1. The van der Waals surface area contributed by atoms with Gasteiger partial charge in [0.15, 0.2) is 0 Å². The van der Waals surface area contributed by atoms with Crippen LogP contribution in [0.15, 0.2) is 16.9 Å². The summed E-state index contributed by atoms with van der Waals surface area (Å²) < 4.78 is 1.27. The number of hydrogen-bond donors (Lipinski definition) is 0. The van der Waals surface area contributed by atoms with Crippen LogP contribution in [0.25, 0.3) is 10.9 Å². The lowest BCUT2D eigenvalue weighted by molar-refractivity contribution is 0.590. The topological polar surface area (TPSA) is 47.8 Å². The van der Waals surface area contributed by atoms with Gasteiger partial charge in [-0.2, -0.15) is 0 Å². The molecule has 0 N–H and O–H groups in total. The molecule has 0 amide bonds. The predicted molar refractivity (Wildman–Crippen MR) is 71.2 cm³/mol. The van der Waals surface area contributed by atoms with E-state index in [4.69, 9.17) is 0 Å². The fourth-order valence-corrected chi connectivity index (χ4v) is 1.84. The Morgan fingerprint density at radius 2 is 1.94 bits per heavy atom. The zero-order chi connectivity index (χ0) is 12.8. The summed E-state index contributed by atoms with van der Waals surface area (Å²) in [5, 5.41) is 8.54. The van der Waals surface area contributed by atoms with E-state index in [1.54, 1.807) is 7.98 Å². The van der Waals surface area contributed by atoms with Crippen molar-refractivity contribution in [3.8, 4) is 0 Å². The van der Waals surface area contributed by atoms with Gasteiger partial charge in [-0.15, -0.1) is 5.10 Å². The number of aryl methyl sites for hydroxylation is 1. The van der Waals surface area contributed by atoms with Gasteiger partial charge < -0.3 is 0 Å². The van der Waals surface area contributed by atoms with Crippen molar-refractivity contribution in [1.82, 2.24) is 14.9 Å². The van der Waals surface area contributed by atoms with Crippen LogP contribution in [0.2, 0.25) is 0 Å². The minimum atomic E-state index is -0.0933. The van der Waals surface area contributed by atoms with Gasteiger partial charge in [0.1, 0.15) is 5.52 Å². The Kier molecular flexibility index (Phi) is 2.56. The summed E-state index contributed by atoms with van der Waals surface area (Å²) >= 11 is 0. The first kappa shape index (κ1) is 11.8. The lowest BCUT2D eigenvalue weighted by Gasteiger charge is -2.20. The number of benzene rings is 1. The van der Waals surface area contributed by atoms with E-state index in [0.717, 1.165) is 11.1 Å². The average molecular weight is 229 g/mol. The molecule has 0 saturated heterocycles. The Balaban J connectivity index is 2.89. The van der Waals surface area contributed by atoms with E-state index in [0.29, 0.717) is 10.9 Å². The first-order chi connectivity index (χ1) is 7.80. The molecule has 0 fully saturated rings. The normalized spacial score (nSPS) is 12.0. The van der Waals surface area contributed by atoms with E-state index in [9.17, 15) is 4.79 Å². The fraction of sp³-hybridized carbons (Fsp3) is 0.417. The number of nitrogens with zero attached hydrogens (tertiary/aromatic N) is 3. The number of hydrogen-bond acceptors (Lipinski definition) is 3. The molecule has 1 aromatic carbocycles. The highest BCUT2D eigenvalue weighted by Crippen LogP contribution is 2.26. The quantitative estimate of drug-likeness (QED) is 0.627. The van der Waals surface area contributed by atoms with Crippen molar-refractivity contribution in [2.24, 2.45) is 0 Å². The third kappa shape index (κ3) is 1.97. The van der Waals surface area contributed by atoms with Crippen LogP contribution >= 0.6 is 0 Å². The monoisotopic (exact) mass is 229 g/mol. The Bertz CT molecular complexity index is 640. The van der Waals surface area contributed by atoms with E-state index >= 15 is 0 Å². The average Bonchev–Trinajstić information content (AvgIpc) is 2.22. The van der Waals surface area contributed by atoms with Gasteiger partial charge in [-0.25, -0.2) is 0 Å². The van der Waals surface area contributed by atoms with Crippen molar-refractivity contribution in [3.63, 3.8) is 0 Å². The summed E-state index contributed by atoms with van der Waals surface area (Å²) in [5.41, 5.74) is 2.77. The molecule has 0 aliphatic carbocycles. The first-order valence-corrected chi connectivity index (χ1v) is 5.65. The van der Waals surface area contributed by atoms with Crippen LogP contribution < -0.4 is 5.56 Å². The largest absolute Gasteiger partial charge is 0.269 e. The van der Waals surface area contributed by atoms with Crippen molar-refractivity contribution in [2.75, 3.05) is 0 Å². The molecule has 0 bridgehead atoms. The van der Waals surface area contributed by atoms with Crippen LogP contribution in [0.5, 0.6) is 0 Å². The maximum atomic E-state index is 12.0. The summed E-state index contributed by atoms with van der Waals surface area (Å²) in [6.07, 6.45) is 0. The lowest BCUT2D eigenvalue weighted by Crippen LogP contribution is -2.23. The van der Waals surface area contributed by atoms with Gasteiger partial charge in [0.05, 0.1) is 5.39 Å². The van der Waals surface area contributed by atoms with Gasteiger partial charge >= 0.3 is 0 Å². The molecular weight excluding hydrogens is 213 g/mol. The zero-order valence-corrected chi connectivity index (χ0v) is 10.9. The first-order valence-electron chi connectivity index (χ1n) is 5.65. The second-order valence-electron chi connectivity index (χ2n) is 5.46. The second kappa shape index (κ2) is 3.69. The highest BCUT2D eigenvalue weighted by molar-refractivity contribution is 6.06. The van der Waals surface area contributed by atoms with E-state index in [1.165, 1.54) is 4.59 Å². The molecule has 2 aromatic rings. The molecule has 0 atom stereocenters. The number of fused-ring (bicyclic) bond motifs is 1. The molecule has 88 valence electrons. The van der Waals surface area contributed by atoms with E-state index in [1.807, 2.05) is 13.0 Å². The highest BCUT2D eigenvalue weighted by Gasteiger charge is 2.17. The minimum absolute atomic E-state index is 0.0211. The van der Waals surface area contributed by atoms with Crippen molar-refractivity contribution in [1.29, 1.82) is 0 Å². The molecule has 0 saturated carbocycles. The van der Waals surface area contributed by atoms with Crippen LogP contribution in [0, 0.1) is 6.92 Å². The summed E-state index contributed by atoms with van der Waals surface area (Å²) in [4.78, 5) is 12.0. The van der Waals surface area contributed by atoms with Crippen LogP contribution in [0.1, 0.15) is 31.9 Å². The van der Waals surface area contributed by atoms with Crippen molar-refractivity contribution in [3.05, 3.63) is 33.6 Å². The maximum Gasteiger partial charge on any atom is 0.264 e. The molecule has 0 spiro atoms. The van der Waals surface area contributed by atoms with Crippen molar-refractivity contribution in [2.45, 2.75) is 33.1 Å². The predicted octanol–water partition coefficient (Wildman–Crippen LogP) is 0.794. The van der Waals surface area contributed by atoms with E-state index in [-0.39, 0.29) is 11.0 Å². The minimum Gasteiger partial charge on any atom is -0.269 e. The standard InChI is InChI=1S/C12H16BN3O/c1-7-5-8(12(2,3)4)6-9-10(7)14-15-16(13)11(9)17/h5-6H,13H2,1-4H3. The third-order valence-corrected chi connectivity index (χ3v) is 2.97. The van der Waals surface area contributed by atoms with Gasteiger partial charge in [-0.05, 0) is 29.5 Å². The molecule has 0 unspecified atom stereocenters. The van der Waals surface area contributed by atoms with Crippen molar-refractivity contribution >= 4 is 18.9 Å². The molecule has 1 aromatic heterocycles. The molecule has 0 radical (unpaired) electrons. The van der Waals surface area contributed by atoms with Crippen LogP contribution in [-0.2, 0) is 5.41 Å². The van der Waals surface area contributed by atoms with Crippen LogP contribution in [-0.4, -0.2) is 22.9 Å². The van der Waals surface area contributed by atoms with Gasteiger partial charge in [-0.3, -0.25) is 9.39 Å². The SMILES string of the molecule is Bn1nnc2c(C)cc(C(C)(C)C)cc2c1=O. The van der Waals surface area contributed by atoms with Crippen LogP contribution in [0.3, 0.4) is 0 Å². The molecule has 0 aliphatic rings. The summed E-state index contributed by atoms with van der Waals surface area (Å²) in [6.45, 7) is 8.36. The molecule has 4 nitrogen and oxygen atoms in total. The summed E-state index contributed by atoms with van der Waals surface area (Å²) in [6, 6.07) is 4.01. The van der Waals surface area contributed by atoms with Gasteiger partial charge in [0.2, 0.25) is 0 Å². The summed E-state index contributed by atoms with van der Waals surface area (Å²) in [5.74, 6) is 0. The molecule has 17 heavy (non-hydrogen) atoms. The second-order valence-corrected chi connectivity index (χ2v) is 5.46. The van der Waals surface area contributed by atoms with E-state index < -0.39 is 0 Å². The van der Waals surface area contributed by atoms with Crippen LogP contribution in [0.4, 0.5) is 0 Å². The molecular formula is C12H16BN3O. The van der Waals surface area contributed by atoms with E-state index in [2.05, 4.69) is 37.1 Å². The molecule has 1 heterocycles. The molecule has 2 rings (SSSR count). The Hall–Kier alpha value is -1.65.